The van der Waals surface area contributed by atoms with Crippen molar-refractivity contribution in [3.05, 3.63) is 21.9 Å². The summed E-state index contributed by atoms with van der Waals surface area (Å²) in [5, 5.41) is 30.2. The van der Waals surface area contributed by atoms with Gasteiger partial charge in [0.25, 0.3) is 0 Å². The van der Waals surface area contributed by atoms with Crippen LogP contribution >= 0.6 is 11.3 Å². The van der Waals surface area contributed by atoms with Gasteiger partial charge in [-0.15, -0.1) is 11.3 Å². The number of ether oxygens (including phenoxy) is 2. The first-order chi connectivity index (χ1) is 9.08. The van der Waals surface area contributed by atoms with Crippen LogP contribution in [0, 0.1) is 0 Å². The van der Waals surface area contributed by atoms with Crippen molar-refractivity contribution in [1.82, 2.24) is 0 Å². The average molecular weight is 288 g/mol. The molecule has 1 aliphatic rings. The molecule has 1 aromatic rings. The second kappa shape index (κ2) is 5.98. The zero-order valence-corrected chi connectivity index (χ0v) is 11.2. The highest BCUT2D eigenvalue weighted by atomic mass is 32.1. The van der Waals surface area contributed by atoms with E-state index in [0.717, 1.165) is 0 Å². The fraction of sp³-hybridized carbons (Fsp3) is 0.583. The molecule has 2 heterocycles. The van der Waals surface area contributed by atoms with E-state index in [0.29, 0.717) is 10.4 Å². The molecule has 0 saturated carbocycles. The molecule has 1 aromatic heterocycles. The molecule has 1 aliphatic heterocycles. The molecule has 0 spiro atoms. The molecule has 4 atom stereocenters. The Balaban J connectivity index is 2.13. The van der Waals surface area contributed by atoms with Crippen molar-refractivity contribution in [2.45, 2.75) is 31.3 Å². The summed E-state index contributed by atoms with van der Waals surface area (Å²) in [4.78, 5) is 12.1. The van der Waals surface area contributed by atoms with E-state index in [2.05, 4.69) is 0 Å². The van der Waals surface area contributed by atoms with Crippen LogP contribution < -0.4 is 0 Å². The van der Waals surface area contributed by atoms with Crippen LogP contribution in [0.2, 0.25) is 0 Å². The maximum absolute atomic E-state index is 11.5. The number of carbonyl (C=O) groups is 1. The number of hydrogen-bond donors (Lipinski definition) is 3. The summed E-state index contributed by atoms with van der Waals surface area (Å²) in [6.45, 7) is 1.64. The third-order valence-corrected chi connectivity index (χ3v) is 3.95. The quantitative estimate of drug-likeness (QED) is 0.679. The van der Waals surface area contributed by atoms with Crippen molar-refractivity contribution >= 4 is 17.3 Å². The minimum Gasteiger partial charge on any atom is -0.462 e. The summed E-state index contributed by atoms with van der Waals surface area (Å²) in [6.07, 6.45) is -3.80. The lowest BCUT2D eigenvalue weighted by Gasteiger charge is -2.12. The number of aliphatic hydroxyl groups excluding tert-OH is 3. The number of hydrogen-bond acceptors (Lipinski definition) is 7. The molecule has 2 rings (SSSR count). The molecular weight excluding hydrogens is 272 g/mol. The minimum atomic E-state index is -1.14. The molecule has 19 heavy (non-hydrogen) atoms. The van der Waals surface area contributed by atoms with E-state index in [9.17, 15) is 15.0 Å². The van der Waals surface area contributed by atoms with Gasteiger partial charge in [0, 0.05) is 10.3 Å². The average Bonchev–Trinajstić information content (AvgIpc) is 2.97. The predicted molar refractivity (Wildman–Crippen MR) is 67.0 cm³/mol. The molecule has 0 aromatic carbocycles. The van der Waals surface area contributed by atoms with Crippen molar-refractivity contribution < 1.29 is 29.6 Å². The van der Waals surface area contributed by atoms with Crippen LogP contribution in [0.15, 0.2) is 11.4 Å². The molecule has 0 amide bonds. The van der Waals surface area contributed by atoms with Crippen molar-refractivity contribution in [3.63, 3.8) is 0 Å². The third-order valence-electron chi connectivity index (χ3n) is 2.95. The Kier molecular flexibility index (Phi) is 4.54. The van der Waals surface area contributed by atoms with Crippen LogP contribution in [-0.2, 0) is 9.47 Å². The lowest BCUT2D eigenvalue weighted by molar-refractivity contribution is -0.0218. The molecule has 7 heteroatoms. The van der Waals surface area contributed by atoms with Crippen molar-refractivity contribution in [3.8, 4) is 0 Å². The maximum atomic E-state index is 11.5. The van der Waals surface area contributed by atoms with Gasteiger partial charge in [-0.2, -0.15) is 0 Å². The SMILES string of the molecule is CCOC(=O)c1csc([C@@H]2O[C@H](CO)[C@@H](O)[C@H]2O)c1. The third kappa shape index (κ3) is 2.80. The van der Waals surface area contributed by atoms with Crippen LogP contribution in [0.25, 0.3) is 0 Å². The van der Waals surface area contributed by atoms with Crippen LogP contribution in [0.1, 0.15) is 28.3 Å². The molecule has 1 saturated heterocycles. The van der Waals surface area contributed by atoms with E-state index < -0.39 is 30.4 Å². The Morgan fingerprint density at radius 3 is 2.79 bits per heavy atom. The first kappa shape index (κ1) is 14.4. The lowest BCUT2D eigenvalue weighted by Crippen LogP contribution is -2.32. The summed E-state index contributed by atoms with van der Waals surface area (Å²) in [7, 11) is 0. The second-order valence-electron chi connectivity index (χ2n) is 4.22. The standard InChI is InChI=1S/C12H16O6S/c1-2-17-12(16)6-3-8(19-5-6)11-10(15)9(14)7(4-13)18-11/h3,5,7,9-11,13-15H,2,4H2,1H3/t7-,9-,10-,11+/m1/s1. The van der Waals surface area contributed by atoms with Gasteiger partial charge in [-0.1, -0.05) is 0 Å². The summed E-state index contributed by atoms with van der Waals surface area (Å²) in [5.41, 5.74) is 0.389. The molecule has 3 N–H and O–H groups in total. The van der Waals surface area contributed by atoms with E-state index in [1.807, 2.05) is 0 Å². The monoisotopic (exact) mass is 288 g/mol. The van der Waals surface area contributed by atoms with Crippen LogP contribution in [-0.4, -0.2) is 52.8 Å². The van der Waals surface area contributed by atoms with Crippen molar-refractivity contribution in [1.29, 1.82) is 0 Å². The van der Waals surface area contributed by atoms with Crippen LogP contribution in [0.4, 0.5) is 0 Å². The normalized spacial score (nSPS) is 30.5. The Morgan fingerprint density at radius 1 is 1.47 bits per heavy atom. The van der Waals surface area contributed by atoms with Gasteiger partial charge in [-0.3, -0.25) is 0 Å². The fourth-order valence-corrected chi connectivity index (χ4v) is 2.91. The predicted octanol–water partition coefficient (Wildman–Crippen LogP) is 0.0788. The second-order valence-corrected chi connectivity index (χ2v) is 5.16. The van der Waals surface area contributed by atoms with Crippen molar-refractivity contribution in [2.75, 3.05) is 13.2 Å². The molecule has 0 bridgehead atoms. The van der Waals surface area contributed by atoms with Crippen LogP contribution in [0.5, 0.6) is 0 Å². The number of rotatable bonds is 4. The van der Waals surface area contributed by atoms with Gasteiger partial charge < -0.3 is 24.8 Å². The minimum absolute atomic E-state index is 0.290. The van der Waals surface area contributed by atoms with Gasteiger partial charge in [0.05, 0.1) is 18.8 Å². The molecular formula is C12H16O6S. The number of thiophene rings is 1. The van der Waals surface area contributed by atoms with Gasteiger partial charge >= 0.3 is 5.97 Å². The molecule has 0 unspecified atom stereocenters. The van der Waals surface area contributed by atoms with E-state index in [1.54, 1.807) is 18.4 Å². The highest BCUT2D eigenvalue weighted by molar-refractivity contribution is 7.10. The van der Waals surface area contributed by atoms with E-state index in [1.165, 1.54) is 11.3 Å². The van der Waals surface area contributed by atoms with Crippen molar-refractivity contribution in [2.24, 2.45) is 0 Å². The van der Waals surface area contributed by atoms with Crippen LogP contribution in [0.3, 0.4) is 0 Å². The first-order valence-electron chi connectivity index (χ1n) is 5.96. The van der Waals surface area contributed by atoms with E-state index in [-0.39, 0.29) is 13.2 Å². The zero-order valence-electron chi connectivity index (χ0n) is 10.4. The molecule has 106 valence electrons. The highest BCUT2D eigenvalue weighted by Crippen LogP contribution is 2.36. The Morgan fingerprint density at radius 2 is 2.21 bits per heavy atom. The van der Waals surface area contributed by atoms with Gasteiger partial charge in [0.2, 0.25) is 0 Å². The largest absolute Gasteiger partial charge is 0.462 e. The zero-order chi connectivity index (χ0) is 14.0. The summed E-state index contributed by atoms with van der Waals surface area (Å²) >= 11 is 1.24. The van der Waals surface area contributed by atoms with Gasteiger partial charge in [0.15, 0.2) is 0 Å². The number of carbonyl (C=O) groups excluding carboxylic acids is 1. The first-order valence-corrected chi connectivity index (χ1v) is 6.84. The smallest absolute Gasteiger partial charge is 0.338 e. The van der Waals surface area contributed by atoms with Gasteiger partial charge in [0.1, 0.15) is 24.4 Å². The molecule has 6 nitrogen and oxygen atoms in total. The summed E-state index contributed by atoms with van der Waals surface area (Å²) < 4.78 is 10.3. The fourth-order valence-electron chi connectivity index (χ4n) is 1.96. The highest BCUT2D eigenvalue weighted by Gasteiger charge is 2.43. The van der Waals surface area contributed by atoms with E-state index in [4.69, 9.17) is 14.6 Å². The summed E-state index contributed by atoms with van der Waals surface area (Å²) in [5.74, 6) is -0.434. The number of esters is 1. The Hall–Kier alpha value is -0.990. The Labute approximate surface area is 114 Å². The Bertz CT molecular complexity index is 445. The van der Waals surface area contributed by atoms with E-state index >= 15 is 0 Å². The maximum Gasteiger partial charge on any atom is 0.338 e. The molecule has 0 radical (unpaired) electrons. The van der Waals surface area contributed by atoms with Gasteiger partial charge in [-0.05, 0) is 13.0 Å². The molecule has 1 fully saturated rings. The molecule has 0 aliphatic carbocycles. The lowest BCUT2D eigenvalue weighted by atomic mass is 10.1. The topological polar surface area (TPSA) is 96.2 Å². The van der Waals surface area contributed by atoms with Gasteiger partial charge in [-0.25, -0.2) is 4.79 Å². The summed E-state index contributed by atoms with van der Waals surface area (Å²) in [6, 6.07) is 1.57. The number of aliphatic hydroxyl groups is 3.